The van der Waals surface area contributed by atoms with Gasteiger partial charge >= 0.3 is 0 Å². The van der Waals surface area contributed by atoms with Crippen molar-refractivity contribution in [3.8, 4) is 0 Å². The number of aromatic nitrogens is 1. The highest BCUT2D eigenvalue weighted by atomic mass is 32.1. The molecule has 0 aliphatic carbocycles. The lowest BCUT2D eigenvalue weighted by molar-refractivity contribution is -0.385. The predicted octanol–water partition coefficient (Wildman–Crippen LogP) is 4.82. The first kappa shape index (κ1) is 15.9. The van der Waals surface area contributed by atoms with Gasteiger partial charge in [-0.05, 0) is 25.0 Å². The molecule has 2 aromatic carbocycles. The molecule has 3 aromatic rings. The average molecular weight is 361 g/mol. The Kier molecular flexibility index (Phi) is 3.84. The van der Waals surface area contributed by atoms with Crippen molar-refractivity contribution in [2.24, 2.45) is 0 Å². The fourth-order valence-corrected chi connectivity index (χ4v) is 4.37. The standard InChI is InChI=1S/C17H13F2N3O2S/c18-11-8-10(22(23)24)9-12(19)16(11)21-7-3-5-14(21)17-20-13-4-1-2-6-15(13)25-17/h1-2,4,6,8-9,14H,3,5,7H2/t14-/m0/s1. The van der Waals surface area contributed by atoms with Gasteiger partial charge in [-0.2, -0.15) is 0 Å². The topological polar surface area (TPSA) is 59.3 Å². The average Bonchev–Trinajstić information content (AvgIpc) is 3.20. The van der Waals surface area contributed by atoms with Crippen LogP contribution in [0.2, 0.25) is 0 Å². The molecule has 1 aliphatic heterocycles. The SMILES string of the molecule is O=[N+]([O-])c1cc(F)c(N2CCC[C@H]2c2nc3ccccc3s2)c(F)c1. The lowest BCUT2D eigenvalue weighted by Crippen LogP contribution is -2.24. The van der Waals surface area contributed by atoms with Gasteiger partial charge in [0, 0.05) is 6.54 Å². The Morgan fingerprint density at radius 1 is 1.24 bits per heavy atom. The van der Waals surface area contributed by atoms with E-state index < -0.39 is 22.2 Å². The summed E-state index contributed by atoms with van der Waals surface area (Å²) in [5.41, 5.74) is 0.0563. The number of nitrogens with zero attached hydrogens (tertiary/aromatic N) is 3. The molecule has 1 fully saturated rings. The van der Waals surface area contributed by atoms with E-state index in [1.807, 2.05) is 24.3 Å². The fraction of sp³-hybridized carbons (Fsp3) is 0.235. The van der Waals surface area contributed by atoms with E-state index in [2.05, 4.69) is 4.98 Å². The number of non-ortho nitro benzene ring substituents is 1. The van der Waals surface area contributed by atoms with E-state index in [9.17, 15) is 18.9 Å². The maximum atomic E-state index is 14.4. The normalized spacial score (nSPS) is 17.4. The molecule has 0 amide bonds. The van der Waals surface area contributed by atoms with Gasteiger partial charge in [0.1, 0.15) is 10.7 Å². The Morgan fingerprint density at radius 2 is 1.96 bits per heavy atom. The number of hydrogen-bond donors (Lipinski definition) is 0. The first-order valence-corrected chi connectivity index (χ1v) is 8.62. The van der Waals surface area contributed by atoms with Crippen LogP contribution in [0.5, 0.6) is 0 Å². The lowest BCUT2D eigenvalue weighted by Gasteiger charge is -2.26. The van der Waals surface area contributed by atoms with Crippen molar-refractivity contribution in [2.45, 2.75) is 18.9 Å². The Balaban J connectivity index is 1.76. The van der Waals surface area contributed by atoms with Gasteiger partial charge in [-0.1, -0.05) is 12.1 Å². The van der Waals surface area contributed by atoms with Gasteiger partial charge < -0.3 is 4.90 Å². The highest BCUT2D eigenvalue weighted by Crippen LogP contribution is 2.41. The number of rotatable bonds is 3. The van der Waals surface area contributed by atoms with Crippen LogP contribution in [0.4, 0.5) is 20.2 Å². The van der Waals surface area contributed by atoms with Gasteiger partial charge in [0.25, 0.3) is 5.69 Å². The molecular formula is C17H13F2N3O2S. The number of anilines is 1. The zero-order valence-corrected chi connectivity index (χ0v) is 13.8. The van der Waals surface area contributed by atoms with E-state index in [0.717, 1.165) is 40.2 Å². The van der Waals surface area contributed by atoms with Crippen LogP contribution in [0, 0.1) is 21.7 Å². The Labute approximate surface area is 145 Å². The van der Waals surface area contributed by atoms with Gasteiger partial charge in [-0.15, -0.1) is 11.3 Å². The summed E-state index contributed by atoms with van der Waals surface area (Å²) in [7, 11) is 0. The number of nitro groups is 1. The number of halogens is 2. The minimum absolute atomic E-state index is 0.215. The monoisotopic (exact) mass is 361 g/mol. The van der Waals surface area contributed by atoms with Crippen LogP contribution in [0.25, 0.3) is 10.2 Å². The molecule has 0 radical (unpaired) electrons. The third kappa shape index (κ3) is 2.72. The molecule has 0 N–H and O–H groups in total. The largest absolute Gasteiger partial charge is 0.357 e. The minimum atomic E-state index is -0.917. The van der Waals surface area contributed by atoms with Crippen molar-refractivity contribution in [1.29, 1.82) is 0 Å². The summed E-state index contributed by atoms with van der Waals surface area (Å²) < 4.78 is 29.8. The van der Waals surface area contributed by atoms with Gasteiger partial charge in [-0.25, -0.2) is 13.8 Å². The summed E-state index contributed by atoms with van der Waals surface area (Å²) in [6.45, 7) is 0.478. The third-order valence-electron chi connectivity index (χ3n) is 4.35. The van der Waals surface area contributed by atoms with Crippen molar-refractivity contribution < 1.29 is 13.7 Å². The van der Waals surface area contributed by atoms with Crippen molar-refractivity contribution in [3.63, 3.8) is 0 Å². The van der Waals surface area contributed by atoms with Gasteiger partial charge in [-0.3, -0.25) is 10.1 Å². The number of hydrogen-bond acceptors (Lipinski definition) is 5. The van der Waals surface area contributed by atoms with Crippen LogP contribution >= 0.6 is 11.3 Å². The van der Waals surface area contributed by atoms with Crippen molar-refractivity contribution in [3.05, 3.63) is 63.2 Å². The van der Waals surface area contributed by atoms with Crippen LogP contribution in [-0.4, -0.2) is 16.5 Å². The summed E-state index contributed by atoms with van der Waals surface area (Å²) in [4.78, 5) is 16.2. The maximum Gasteiger partial charge on any atom is 0.275 e. The molecule has 8 heteroatoms. The summed E-state index contributed by atoms with van der Waals surface area (Å²) >= 11 is 1.51. The molecule has 1 aromatic heterocycles. The van der Waals surface area contributed by atoms with Crippen LogP contribution in [0.3, 0.4) is 0 Å². The van der Waals surface area contributed by atoms with E-state index in [1.54, 1.807) is 4.90 Å². The molecule has 0 spiro atoms. The van der Waals surface area contributed by atoms with Crippen molar-refractivity contribution in [2.75, 3.05) is 11.4 Å². The van der Waals surface area contributed by atoms with E-state index >= 15 is 0 Å². The van der Waals surface area contributed by atoms with Gasteiger partial charge in [0.2, 0.25) is 0 Å². The summed E-state index contributed by atoms with van der Waals surface area (Å²) in [5.74, 6) is -1.83. The fourth-order valence-electron chi connectivity index (χ4n) is 3.26. The maximum absolute atomic E-state index is 14.4. The van der Waals surface area contributed by atoms with Crippen LogP contribution in [0.15, 0.2) is 36.4 Å². The lowest BCUT2D eigenvalue weighted by atomic mass is 10.2. The molecule has 2 heterocycles. The quantitative estimate of drug-likeness (QED) is 0.495. The predicted molar refractivity (Wildman–Crippen MR) is 92.0 cm³/mol. The van der Waals surface area contributed by atoms with E-state index in [0.29, 0.717) is 6.54 Å². The summed E-state index contributed by atoms with van der Waals surface area (Å²) in [6, 6.07) is 8.99. The zero-order chi connectivity index (χ0) is 17.6. The number of thiazole rings is 1. The Bertz CT molecular complexity index is 919. The molecule has 1 saturated heterocycles. The van der Waals surface area contributed by atoms with Gasteiger partial charge in [0.05, 0.1) is 33.3 Å². The zero-order valence-electron chi connectivity index (χ0n) is 13.0. The highest BCUT2D eigenvalue weighted by molar-refractivity contribution is 7.18. The second kappa shape index (κ2) is 6.03. The Morgan fingerprint density at radius 3 is 2.64 bits per heavy atom. The van der Waals surface area contributed by atoms with Crippen LogP contribution in [-0.2, 0) is 0 Å². The van der Waals surface area contributed by atoms with E-state index in [-0.39, 0.29) is 11.7 Å². The minimum Gasteiger partial charge on any atom is -0.357 e. The molecule has 5 nitrogen and oxygen atoms in total. The van der Waals surface area contributed by atoms with E-state index in [4.69, 9.17) is 0 Å². The van der Waals surface area contributed by atoms with Gasteiger partial charge in [0.15, 0.2) is 11.6 Å². The van der Waals surface area contributed by atoms with E-state index in [1.165, 1.54) is 11.3 Å². The molecule has 4 rings (SSSR count). The molecule has 1 aliphatic rings. The number of para-hydroxylation sites is 1. The summed E-state index contributed by atoms with van der Waals surface area (Å²) in [5, 5.41) is 11.6. The molecule has 128 valence electrons. The van der Waals surface area contributed by atoms with Crippen molar-refractivity contribution in [1.82, 2.24) is 4.98 Å². The van der Waals surface area contributed by atoms with Crippen LogP contribution in [0.1, 0.15) is 23.9 Å². The number of benzene rings is 2. The Hall–Kier alpha value is -2.61. The van der Waals surface area contributed by atoms with Crippen LogP contribution < -0.4 is 4.90 Å². The number of fused-ring (bicyclic) bond motifs is 1. The second-order valence-electron chi connectivity index (χ2n) is 5.89. The molecular weight excluding hydrogens is 348 g/mol. The molecule has 1 atom stereocenters. The van der Waals surface area contributed by atoms with Crippen molar-refractivity contribution >= 4 is 32.9 Å². The molecule has 0 saturated carbocycles. The smallest absolute Gasteiger partial charge is 0.275 e. The third-order valence-corrected chi connectivity index (χ3v) is 5.49. The molecule has 0 unspecified atom stereocenters. The first-order valence-electron chi connectivity index (χ1n) is 7.80. The summed E-state index contributed by atoms with van der Waals surface area (Å²) in [6.07, 6.45) is 1.51. The highest BCUT2D eigenvalue weighted by Gasteiger charge is 2.33. The first-order chi connectivity index (χ1) is 12.0. The molecule has 0 bridgehead atoms. The second-order valence-corrected chi connectivity index (χ2v) is 6.95. The number of nitro benzene ring substituents is 1. The molecule has 25 heavy (non-hydrogen) atoms.